The Morgan fingerprint density at radius 1 is 1.64 bits per heavy atom. The second-order valence-electron chi connectivity index (χ2n) is 1.11. The Hall–Kier alpha value is -0.910. The predicted octanol–water partition coefficient (Wildman–Crippen LogP) is -0.103. The van der Waals surface area contributed by atoms with E-state index in [2.05, 4.69) is 15.1 Å². The summed E-state index contributed by atoms with van der Waals surface area (Å²) in [6, 6.07) is 0. The summed E-state index contributed by atoms with van der Waals surface area (Å²) in [4.78, 5) is 18.1. The maximum absolute atomic E-state index is 9.57. The van der Waals surface area contributed by atoms with E-state index in [1.807, 2.05) is 0 Å². The normalized spacial score (nSPS) is 8.55. The van der Waals surface area contributed by atoms with Gasteiger partial charge in [-0.3, -0.25) is 4.79 Å². The molecule has 6 nitrogen and oxygen atoms in total. The van der Waals surface area contributed by atoms with Gasteiger partial charge in [-0.15, -0.1) is 0 Å². The van der Waals surface area contributed by atoms with Crippen LogP contribution >= 0.6 is 10.7 Å². The molecule has 0 spiro atoms. The van der Waals surface area contributed by atoms with E-state index < -0.39 is 15.2 Å². The van der Waals surface area contributed by atoms with E-state index >= 15 is 0 Å². The Bertz CT molecular complexity index is 259. The smallest absolute Gasteiger partial charge is 0.350 e. The Morgan fingerprint density at radius 3 is 1.91 bits per heavy atom. The monoisotopic (exact) mass is 201 g/mol. The van der Waals surface area contributed by atoms with Gasteiger partial charge in [-0.05, 0) is 0 Å². The number of rotatable bonds is 1. The summed E-state index contributed by atoms with van der Waals surface area (Å²) < 4.78 is 21.3. The summed E-state index contributed by atoms with van der Waals surface area (Å²) in [5.74, 6) is -0.833. The Morgan fingerprint density at radius 2 is 1.91 bits per heavy atom. The van der Waals surface area contributed by atoms with Crippen molar-refractivity contribution in [1.29, 1.82) is 0 Å². The van der Waals surface area contributed by atoms with Crippen LogP contribution in [0.2, 0.25) is 0 Å². The number of nitrogens with zero attached hydrogens (tertiary/aromatic N) is 1. The van der Waals surface area contributed by atoms with Crippen LogP contribution in [0.4, 0.5) is 0 Å². The number of carboxylic acids is 1. The van der Waals surface area contributed by atoms with Gasteiger partial charge in [-0.1, -0.05) is 4.40 Å². The van der Waals surface area contributed by atoms with Gasteiger partial charge in [0.05, 0.1) is 0 Å². The third kappa shape index (κ3) is 47.9. The summed E-state index contributed by atoms with van der Waals surface area (Å²) in [7, 11) is 0.376. The molecule has 0 radical (unpaired) electrons. The van der Waals surface area contributed by atoms with Crippen LogP contribution in [-0.4, -0.2) is 25.6 Å². The van der Waals surface area contributed by atoms with Crippen LogP contribution in [-0.2, 0) is 18.8 Å². The molecule has 11 heavy (non-hydrogen) atoms. The standard InChI is InChI=1S/C2H4O2.CClNO3S/c1-2(3)4;2-7(5,6)3-1-4/h1H3,(H,3,4);. The first-order valence-electron chi connectivity index (χ1n) is 2.03. The number of hydrogen-bond donors (Lipinski definition) is 1. The lowest BCUT2D eigenvalue weighted by Gasteiger charge is -1.67. The largest absolute Gasteiger partial charge is 0.481 e. The molecule has 0 bridgehead atoms. The zero-order valence-corrected chi connectivity index (χ0v) is 6.89. The van der Waals surface area contributed by atoms with Gasteiger partial charge in [-0.2, -0.15) is 8.42 Å². The van der Waals surface area contributed by atoms with Crippen LogP contribution in [0.15, 0.2) is 4.40 Å². The summed E-state index contributed by atoms with van der Waals surface area (Å²) in [5, 5.41) is 7.42. The summed E-state index contributed by atoms with van der Waals surface area (Å²) in [6.07, 6.45) is 0.763. The fourth-order valence-electron chi connectivity index (χ4n) is 0.0445. The molecule has 0 heterocycles. The minimum absolute atomic E-state index is 0.763. The molecule has 64 valence electrons. The molecule has 0 saturated heterocycles. The summed E-state index contributed by atoms with van der Waals surface area (Å²) in [6.45, 7) is 1.08. The third-order valence-electron chi connectivity index (χ3n) is 0.146. The number of halogens is 1. The average molecular weight is 202 g/mol. The Labute approximate surface area is 67.1 Å². The molecule has 0 unspecified atom stereocenters. The molecule has 0 fully saturated rings. The van der Waals surface area contributed by atoms with Crippen molar-refractivity contribution in [2.75, 3.05) is 0 Å². The zero-order chi connectivity index (χ0) is 9.49. The molecule has 0 rings (SSSR count). The molecule has 1 N–H and O–H groups in total. The summed E-state index contributed by atoms with van der Waals surface area (Å²) in [5.41, 5.74) is 0. The van der Waals surface area contributed by atoms with Crippen LogP contribution in [0, 0.1) is 0 Å². The second-order valence-corrected chi connectivity index (χ2v) is 3.29. The lowest BCUT2D eigenvalue weighted by Crippen LogP contribution is -1.78. The average Bonchev–Trinajstić information content (AvgIpc) is 1.58. The minimum atomic E-state index is -4.00. The number of carbonyl (C=O) groups is 1. The highest BCUT2D eigenvalue weighted by Crippen LogP contribution is 1.93. The molecule has 0 saturated carbocycles. The highest BCUT2D eigenvalue weighted by atomic mass is 35.7. The van der Waals surface area contributed by atoms with E-state index in [1.165, 1.54) is 0 Å². The number of isocyanates is 1. The van der Waals surface area contributed by atoms with Gasteiger partial charge in [0.25, 0.3) is 12.0 Å². The Kier molecular flexibility index (Phi) is 6.77. The molecule has 0 amide bonds. The highest BCUT2D eigenvalue weighted by molar-refractivity contribution is 8.12. The molecular formula is C3H4ClNO5S. The van der Waals surface area contributed by atoms with Gasteiger partial charge >= 0.3 is 9.24 Å². The predicted molar refractivity (Wildman–Crippen MR) is 36.2 cm³/mol. The first kappa shape index (κ1) is 12.7. The SMILES string of the molecule is CC(=O)O.O=C=NS(=O)(=O)Cl. The molecule has 0 aromatic carbocycles. The number of carboxylic acid groups (broad SMARTS) is 1. The lowest BCUT2D eigenvalue weighted by atomic mass is 10.9. The minimum Gasteiger partial charge on any atom is -0.481 e. The highest BCUT2D eigenvalue weighted by Gasteiger charge is 1.95. The van der Waals surface area contributed by atoms with Gasteiger partial charge in [0.15, 0.2) is 0 Å². The van der Waals surface area contributed by atoms with Crippen molar-refractivity contribution >= 4 is 32.0 Å². The molecular weight excluding hydrogens is 198 g/mol. The maximum Gasteiger partial charge on any atom is 0.350 e. The van der Waals surface area contributed by atoms with Crippen molar-refractivity contribution in [3.63, 3.8) is 0 Å². The molecule has 0 atom stereocenters. The second kappa shape index (κ2) is 5.84. The van der Waals surface area contributed by atoms with Crippen molar-refractivity contribution in [3.05, 3.63) is 0 Å². The van der Waals surface area contributed by atoms with Gasteiger partial charge in [-0.25, -0.2) is 4.79 Å². The van der Waals surface area contributed by atoms with Crippen LogP contribution in [0.3, 0.4) is 0 Å². The van der Waals surface area contributed by atoms with E-state index in [0.29, 0.717) is 0 Å². The maximum atomic E-state index is 9.57. The first-order chi connectivity index (χ1) is 4.79. The fourth-order valence-corrected chi connectivity index (χ4v) is 0.218. The van der Waals surface area contributed by atoms with Crippen molar-refractivity contribution in [1.82, 2.24) is 0 Å². The van der Waals surface area contributed by atoms with E-state index in [0.717, 1.165) is 13.0 Å². The van der Waals surface area contributed by atoms with E-state index in [1.54, 1.807) is 0 Å². The molecule has 0 aliphatic rings. The number of hydrogen-bond acceptors (Lipinski definition) is 4. The molecule has 0 aromatic heterocycles. The van der Waals surface area contributed by atoms with Crippen molar-refractivity contribution in [2.45, 2.75) is 6.92 Å². The van der Waals surface area contributed by atoms with Crippen LogP contribution < -0.4 is 0 Å². The zero-order valence-electron chi connectivity index (χ0n) is 5.31. The topological polar surface area (TPSA) is 101 Å². The van der Waals surface area contributed by atoms with E-state index in [-0.39, 0.29) is 0 Å². The molecule has 8 heteroatoms. The van der Waals surface area contributed by atoms with Gasteiger partial charge in [0.1, 0.15) is 0 Å². The molecule has 0 aromatic rings. The van der Waals surface area contributed by atoms with Crippen molar-refractivity contribution < 1.29 is 23.1 Å². The van der Waals surface area contributed by atoms with E-state index in [4.69, 9.17) is 14.7 Å². The molecule has 0 aliphatic carbocycles. The van der Waals surface area contributed by atoms with Crippen LogP contribution in [0.25, 0.3) is 0 Å². The number of carbonyl (C=O) groups excluding carboxylic acids is 1. The fraction of sp³-hybridized carbons (Fsp3) is 0.333. The van der Waals surface area contributed by atoms with Crippen LogP contribution in [0.5, 0.6) is 0 Å². The number of aliphatic carboxylic acids is 1. The molecule has 0 aliphatic heterocycles. The van der Waals surface area contributed by atoms with Gasteiger partial charge in [0, 0.05) is 17.6 Å². The first-order valence-corrected chi connectivity index (χ1v) is 4.29. The van der Waals surface area contributed by atoms with E-state index in [9.17, 15) is 8.42 Å². The third-order valence-corrected chi connectivity index (χ3v) is 0.646. The Balaban J connectivity index is 0. The van der Waals surface area contributed by atoms with Crippen LogP contribution in [0.1, 0.15) is 6.92 Å². The van der Waals surface area contributed by atoms with Crippen molar-refractivity contribution in [3.8, 4) is 0 Å². The van der Waals surface area contributed by atoms with Gasteiger partial charge in [0.2, 0.25) is 0 Å². The summed E-state index contributed by atoms with van der Waals surface area (Å²) >= 11 is 0. The van der Waals surface area contributed by atoms with Crippen molar-refractivity contribution in [2.24, 2.45) is 4.40 Å². The lowest BCUT2D eigenvalue weighted by molar-refractivity contribution is -0.134. The quantitative estimate of drug-likeness (QED) is 0.363. The van der Waals surface area contributed by atoms with Gasteiger partial charge < -0.3 is 5.11 Å².